The van der Waals surface area contributed by atoms with Gasteiger partial charge in [0.1, 0.15) is 0 Å². The number of ether oxygens (including phenoxy) is 2. The molecular weight excluding hydrogens is 230 g/mol. The molecule has 0 fully saturated rings. The molecule has 1 rings (SSSR count). The number of nitrogens with one attached hydrogen (secondary N) is 1. The van der Waals surface area contributed by atoms with Gasteiger partial charge in [-0.3, -0.25) is 0 Å². The Hall–Kier alpha value is -1.39. The highest BCUT2D eigenvalue weighted by Crippen LogP contribution is 2.06. The van der Waals surface area contributed by atoms with Crippen molar-refractivity contribution < 1.29 is 14.3 Å². The Balaban J connectivity index is 2.29. The van der Waals surface area contributed by atoms with Crippen LogP contribution in [0.5, 0.6) is 0 Å². The first-order valence-corrected chi connectivity index (χ1v) is 6.12. The van der Waals surface area contributed by atoms with Gasteiger partial charge in [-0.15, -0.1) is 0 Å². The zero-order valence-corrected chi connectivity index (χ0v) is 11.2. The number of hydrogen-bond acceptors (Lipinski definition) is 4. The van der Waals surface area contributed by atoms with Crippen LogP contribution in [0, 0.1) is 0 Å². The van der Waals surface area contributed by atoms with Crippen LogP contribution in [-0.2, 0) is 16.1 Å². The minimum Gasteiger partial charge on any atom is -0.465 e. The summed E-state index contributed by atoms with van der Waals surface area (Å²) in [6.45, 7) is 6.28. The number of carbonyl (C=O) groups excluding carboxylic acids is 1. The molecule has 0 radical (unpaired) electrons. The number of methoxy groups -OCH3 is 1. The first kappa shape index (κ1) is 14.7. The van der Waals surface area contributed by atoms with E-state index in [1.54, 1.807) is 12.1 Å². The molecule has 0 aliphatic rings. The lowest BCUT2D eigenvalue weighted by Crippen LogP contribution is -2.26. The molecule has 0 bridgehead atoms. The topological polar surface area (TPSA) is 47.6 Å². The van der Waals surface area contributed by atoms with Crippen LogP contribution in [0.1, 0.15) is 29.8 Å². The summed E-state index contributed by atoms with van der Waals surface area (Å²) in [4.78, 5) is 11.2. The second kappa shape index (κ2) is 7.84. The van der Waals surface area contributed by atoms with Gasteiger partial charge < -0.3 is 14.8 Å². The number of esters is 1. The van der Waals surface area contributed by atoms with Crippen LogP contribution < -0.4 is 5.32 Å². The van der Waals surface area contributed by atoms with E-state index in [0.717, 1.165) is 12.1 Å². The maximum absolute atomic E-state index is 11.2. The highest BCUT2D eigenvalue weighted by molar-refractivity contribution is 5.89. The molecule has 1 N–H and O–H groups in total. The standard InChI is InChI=1S/C14H21NO3/c1-11(2)15-8-9-18-10-12-4-6-13(7-5-12)14(16)17-3/h4-7,11,15H,8-10H2,1-3H3. The average molecular weight is 251 g/mol. The lowest BCUT2D eigenvalue weighted by Gasteiger charge is -2.08. The maximum atomic E-state index is 11.2. The van der Waals surface area contributed by atoms with E-state index in [-0.39, 0.29) is 5.97 Å². The highest BCUT2D eigenvalue weighted by atomic mass is 16.5. The summed E-state index contributed by atoms with van der Waals surface area (Å²) in [5, 5.41) is 3.28. The number of rotatable bonds is 7. The van der Waals surface area contributed by atoms with Crippen molar-refractivity contribution in [2.24, 2.45) is 0 Å². The minimum absolute atomic E-state index is 0.316. The van der Waals surface area contributed by atoms with Crippen LogP contribution in [0.4, 0.5) is 0 Å². The van der Waals surface area contributed by atoms with Crippen molar-refractivity contribution in [3.05, 3.63) is 35.4 Å². The third kappa shape index (κ3) is 5.29. The molecule has 0 unspecified atom stereocenters. The third-order valence-corrected chi connectivity index (χ3v) is 2.44. The van der Waals surface area contributed by atoms with Crippen LogP contribution in [0.2, 0.25) is 0 Å². The monoisotopic (exact) mass is 251 g/mol. The summed E-state index contributed by atoms with van der Waals surface area (Å²) in [7, 11) is 1.38. The number of carbonyl (C=O) groups is 1. The summed E-state index contributed by atoms with van der Waals surface area (Å²) in [5.74, 6) is -0.316. The summed E-state index contributed by atoms with van der Waals surface area (Å²) in [5.41, 5.74) is 1.61. The van der Waals surface area contributed by atoms with Gasteiger partial charge in [0.25, 0.3) is 0 Å². The van der Waals surface area contributed by atoms with Crippen molar-refractivity contribution in [2.75, 3.05) is 20.3 Å². The van der Waals surface area contributed by atoms with Crippen molar-refractivity contribution in [1.29, 1.82) is 0 Å². The Morgan fingerprint density at radius 3 is 2.50 bits per heavy atom. The second-order valence-corrected chi connectivity index (χ2v) is 4.35. The van der Waals surface area contributed by atoms with Crippen molar-refractivity contribution in [3.63, 3.8) is 0 Å². The summed E-state index contributed by atoms with van der Waals surface area (Å²) < 4.78 is 10.2. The third-order valence-electron chi connectivity index (χ3n) is 2.44. The lowest BCUT2D eigenvalue weighted by atomic mass is 10.1. The fraction of sp³-hybridized carbons (Fsp3) is 0.500. The molecular formula is C14H21NO3. The number of benzene rings is 1. The Morgan fingerprint density at radius 1 is 1.28 bits per heavy atom. The van der Waals surface area contributed by atoms with Gasteiger partial charge in [-0.25, -0.2) is 4.79 Å². The Labute approximate surface area is 108 Å². The molecule has 0 aliphatic heterocycles. The molecule has 0 saturated carbocycles. The zero-order chi connectivity index (χ0) is 13.4. The predicted molar refractivity (Wildman–Crippen MR) is 70.6 cm³/mol. The zero-order valence-electron chi connectivity index (χ0n) is 11.2. The highest BCUT2D eigenvalue weighted by Gasteiger charge is 2.04. The molecule has 0 saturated heterocycles. The fourth-order valence-corrected chi connectivity index (χ4v) is 1.46. The molecule has 0 aliphatic carbocycles. The molecule has 0 amide bonds. The largest absolute Gasteiger partial charge is 0.465 e. The van der Waals surface area contributed by atoms with E-state index in [1.807, 2.05) is 12.1 Å². The molecule has 4 nitrogen and oxygen atoms in total. The van der Waals surface area contributed by atoms with E-state index >= 15 is 0 Å². The van der Waals surface area contributed by atoms with Crippen molar-refractivity contribution in [2.45, 2.75) is 26.5 Å². The van der Waals surface area contributed by atoms with Crippen LogP contribution in [0.3, 0.4) is 0 Å². The quantitative estimate of drug-likeness (QED) is 0.594. The summed E-state index contributed by atoms with van der Waals surface area (Å²) in [6.07, 6.45) is 0. The van der Waals surface area contributed by atoms with Gasteiger partial charge in [-0.2, -0.15) is 0 Å². The van der Waals surface area contributed by atoms with E-state index < -0.39 is 0 Å². The molecule has 0 heterocycles. The maximum Gasteiger partial charge on any atom is 0.337 e. The minimum atomic E-state index is -0.316. The van der Waals surface area contributed by atoms with Gasteiger partial charge >= 0.3 is 5.97 Å². The van der Waals surface area contributed by atoms with Crippen LogP contribution in [0.25, 0.3) is 0 Å². The van der Waals surface area contributed by atoms with Crippen molar-refractivity contribution >= 4 is 5.97 Å². The van der Waals surface area contributed by atoms with Crippen LogP contribution in [0.15, 0.2) is 24.3 Å². The first-order valence-electron chi connectivity index (χ1n) is 6.12. The van der Waals surface area contributed by atoms with Gasteiger partial charge in [0.05, 0.1) is 25.9 Å². The second-order valence-electron chi connectivity index (χ2n) is 4.35. The van der Waals surface area contributed by atoms with E-state index in [9.17, 15) is 4.79 Å². The van der Waals surface area contributed by atoms with Gasteiger partial charge in [0, 0.05) is 12.6 Å². The molecule has 1 aromatic rings. The first-order chi connectivity index (χ1) is 8.63. The van der Waals surface area contributed by atoms with Crippen molar-refractivity contribution in [1.82, 2.24) is 5.32 Å². The molecule has 0 spiro atoms. The molecule has 0 aromatic heterocycles. The average Bonchev–Trinajstić information content (AvgIpc) is 2.38. The molecule has 0 atom stereocenters. The summed E-state index contributed by atoms with van der Waals surface area (Å²) in [6, 6.07) is 7.73. The Kier molecular flexibility index (Phi) is 6.39. The Morgan fingerprint density at radius 2 is 1.94 bits per heavy atom. The van der Waals surface area contributed by atoms with Gasteiger partial charge in [0.15, 0.2) is 0 Å². The van der Waals surface area contributed by atoms with Gasteiger partial charge in [-0.1, -0.05) is 26.0 Å². The van der Waals surface area contributed by atoms with E-state index in [2.05, 4.69) is 23.9 Å². The van der Waals surface area contributed by atoms with Gasteiger partial charge in [-0.05, 0) is 17.7 Å². The molecule has 18 heavy (non-hydrogen) atoms. The normalized spacial score (nSPS) is 10.7. The Bertz CT molecular complexity index is 360. The SMILES string of the molecule is COC(=O)c1ccc(COCCNC(C)C)cc1. The number of hydrogen-bond donors (Lipinski definition) is 1. The molecule has 4 heteroatoms. The van der Waals surface area contributed by atoms with E-state index in [4.69, 9.17) is 4.74 Å². The van der Waals surface area contributed by atoms with E-state index in [1.165, 1.54) is 7.11 Å². The van der Waals surface area contributed by atoms with Crippen molar-refractivity contribution in [3.8, 4) is 0 Å². The molecule has 1 aromatic carbocycles. The lowest BCUT2D eigenvalue weighted by molar-refractivity contribution is 0.0600. The predicted octanol–water partition coefficient (Wildman–Crippen LogP) is 1.99. The summed E-state index contributed by atoms with van der Waals surface area (Å²) >= 11 is 0. The van der Waals surface area contributed by atoms with E-state index in [0.29, 0.717) is 24.8 Å². The van der Waals surface area contributed by atoms with Gasteiger partial charge in [0.2, 0.25) is 0 Å². The van der Waals surface area contributed by atoms with Crippen LogP contribution >= 0.6 is 0 Å². The van der Waals surface area contributed by atoms with Crippen LogP contribution in [-0.4, -0.2) is 32.3 Å². The smallest absolute Gasteiger partial charge is 0.337 e. The fourth-order valence-electron chi connectivity index (χ4n) is 1.46. The molecule has 100 valence electrons.